The Balaban J connectivity index is 2.70. The lowest BCUT2D eigenvalue weighted by atomic mass is 9.96. The smallest absolute Gasteiger partial charge is 0.336 e. The number of nitrogens with zero attached hydrogens (tertiary/aromatic N) is 1. The zero-order valence-electron chi connectivity index (χ0n) is 9.55. The molecule has 0 heterocycles. The molecular weight excluding hydrogens is 228 g/mol. The van der Waals surface area contributed by atoms with Gasteiger partial charge in [0.1, 0.15) is 5.69 Å². The van der Waals surface area contributed by atoms with E-state index in [9.17, 15) is 9.90 Å². The van der Waals surface area contributed by atoms with Gasteiger partial charge in [0.15, 0.2) is 0 Å². The number of hydrogen-bond donors (Lipinski definition) is 2. The minimum Gasteiger partial charge on any atom is -0.478 e. The first-order valence-corrected chi connectivity index (χ1v) is 5.32. The molecule has 0 aromatic heterocycles. The van der Waals surface area contributed by atoms with E-state index >= 15 is 0 Å². The quantitative estimate of drug-likeness (QED) is 0.837. The van der Waals surface area contributed by atoms with Crippen LogP contribution in [0, 0.1) is 11.3 Å². The summed E-state index contributed by atoms with van der Waals surface area (Å²) in [5, 5.41) is 18.1. The maximum absolute atomic E-state index is 11.2. The van der Waals surface area contributed by atoms with Crippen molar-refractivity contribution in [1.82, 2.24) is 0 Å². The molecular formula is C14H11N2O2+. The number of aromatic carboxylic acids is 1. The number of carboxylic acid groups (broad SMARTS) is 1. The fraction of sp³-hybridized carbons (Fsp3) is 0. The molecule has 0 bridgehead atoms. The molecule has 0 fully saturated rings. The highest BCUT2D eigenvalue weighted by molar-refractivity contribution is 5.98. The lowest BCUT2D eigenvalue weighted by molar-refractivity contribution is -0.253. The molecule has 4 N–H and O–H groups in total. The molecule has 2 aromatic carbocycles. The molecule has 4 nitrogen and oxygen atoms in total. The molecule has 0 saturated heterocycles. The van der Waals surface area contributed by atoms with Crippen molar-refractivity contribution in [2.75, 3.05) is 0 Å². The van der Waals surface area contributed by atoms with E-state index in [1.807, 2.05) is 6.07 Å². The third-order valence-corrected chi connectivity index (χ3v) is 2.66. The maximum atomic E-state index is 11.2. The normalized spacial score (nSPS) is 9.78. The zero-order valence-corrected chi connectivity index (χ0v) is 9.55. The standard InChI is InChI=1S/C14H10N2O2/c15-8-9-3-1-4-10(7-9)13-11(14(17)18)5-2-6-12(13)16/h1-7H,16H2,(H,17,18)/p+1. The van der Waals surface area contributed by atoms with Crippen LogP contribution in [0.25, 0.3) is 11.1 Å². The van der Waals surface area contributed by atoms with Crippen molar-refractivity contribution < 1.29 is 15.6 Å². The van der Waals surface area contributed by atoms with Gasteiger partial charge in [0, 0.05) is 0 Å². The second-order valence-electron chi connectivity index (χ2n) is 3.84. The van der Waals surface area contributed by atoms with Gasteiger partial charge in [0.25, 0.3) is 0 Å². The average molecular weight is 239 g/mol. The first kappa shape index (κ1) is 11.8. The zero-order chi connectivity index (χ0) is 13.1. The number of hydrogen-bond acceptors (Lipinski definition) is 2. The fourth-order valence-electron chi connectivity index (χ4n) is 1.86. The largest absolute Gasteiger partial charge is 0.478 e. The second-order valence-corrected chi connectivity index (χ2v) is 3.84. The number of carbonyl (C=O) groups is 1. The van der Waals surface area contributed by atoms with Gasteiger partial charge in [-0.1, -0.05) is 18.2 Å². The Bertz CT molecular complexity index is 657. The Morgan fingerprint density at radius 2 is 1.94 bits per heavy atom. The van der Waals surface area contributed by atoms with Crippen LogP contribution in [0.15, 0.2) is 42.5 Å². The monoisotopic (exact) mass is 239 g/mol. The van der Waals surface area contributed by atoms with Gasteiger partial charge in [-0.3, -0.25) is 0 Å². The Kier molecular flexibility index (Phi) is 3.09. The summed E-state index contributed by atoms with van der Waals surface area (Å²) >= 11 is 0. The van der Waals surface area contributed by atoms with Gasteiger partial charge >= 0.3 is 5.97 Å². The maximum Gasteiger partial charge on any atom is 0.336 e. The average Bonchev–Trinajstić information content (AvgIpc) is 2.38. The summed E-state index contributed by atoms with van der Waals surface area (Å²) in [5.41, 5.74) is 6.41. The molecule has 0 spiro atoms. The Morgan fingerprint density at radius 3 is 2.61 bits per heavy atom. The van der Waals surface area contributed by atoms with Crippen LogP contribution < -0.4 is 5.73 Å². The molecule has 0 saturated carbocycles. The highest BCUT2D eigenvalue weighted by Crippen LogP contribution is 2.29. The molecule has 0 aliphatic rings. The molecule has 0 radical (unpaired) electrons. The molecule has 0 unspecified atom stereocenters. The van der Waals surface area contributed by atoms with E-state index in [1.165, 1.54) is 6.07 Å². The van der Waals surface area contributed by atoms with Crippen molar-refractivity contribution >= 4 is 11.7 Å². The van der Waals surface area contributed by atoms with Gasteiger partial charge in [-0.2, -0.15) is 5.26 Å². The highest BCUT2D eigenvalue weighted by Gasteiger charge is 2.16. The second kappa shape index (κ2) is 4.70. The van der Waals surface area contributed by atoms with E-state index in [1.54, 1.807) is 36.4 Å². The molecule has 0 atom stereocenters. The predicted molar refractivity (Wildman–Crippen MR) is 66.1 cm³/mol. The Labute approximate surface area is 104 Å². The molecule has 18 heavy (non-hydrogen) atoms. The van der Waals surface area contributed by atoms with Crippen LogP contribution in [0.5, 0.6) is 0 Å². The fourth-order valence-corrected chi connectivity index (χ4v) is 1.86. The number of rotatable bonds is 2. The molecule has 4 heteroatoms. The topological polar surface area (TPSA) is 88.7 Å². The summed E-state index contributed by atoms with van der Waals surface area (Å²) in [4.78, 5) is 11.2. The molecule has 2 aromatic rings. The van der Waals surface area contributed by atoms with Gasteiger partial charge < -0.3 is 10.8 Å². The third-order valence-electron chi connectivity index (χ3n) is 2.66. The van der Waals surface area contributed by atoms with Gasteiger partial charge in [-0.25, -0.2) is 4.79 Å². The minimum atomic E-state index is -1.00. The molecule has 0 aliphatic carbocycles. The summed E-state index contributed by atoms with van der Waals surface area (Å²) in [6.45, 7) is 0. The van der Waals surface area contributed by atoms with Crippen LogP contribution in [-0.4, -0.2) is 11.1 Å². The summed E-state index contributed by atoms with van der Waals surface area (Å²) < 4.78 is 0. The van der Waals surface area contributed by atoms with E-state index in [0.717, 1.165) is 0 Å². The molecule has 88 valence electrons. The van der Waals surface area contributed by atoms with E-state index < -0.39 is 5.97 Å². The molecule has 0 amide bonds. The van der Waals surface area contributed by atoms with Crippen LogP contribution in [0.1, 0.15) is 15.9 Å². The van der Waals surface area contributed by atoms with Crippen LogP contribution in [0.3, 0.4) is 0 Å². The van der Waals surface area contributed by atoms with Gasteiger partial charge in [-0.05, 0) is 29.8 Å². The minimum absolute atomic E-state index is 0.192. The van der Waals surface area contributed by atoms with E-state index in [4.69, 9.17) is 5.26 Å². The Morgan fingerprint density at radius 1 is 1.22 bits per heavy atom. The van der Waals surface area contributed by atoms with Crippen molar-refractivity contribution in [3.63, 3.8) is 0 Å². The number of quaternary nitrogens is 1. The SMILES string of the molecule is N#Cc1cccc(-c2c([NH3+])cccc2C(=O)O)c1. The van der Waals surface area contributed by atoms with Crippen LogP contribution in [0.2, 0.25) is 0 Å². The molecule has 0 aliphatic heterocycles. The van der Waals surface area contributed by atoms with Crippen molar-refractivity contribution in [3.05, 3.63) is 53.6 Å². The van der Waals surface area contributed by atoms with Crippen LogP contribution >= 0.6 is 0 Å². The van der Waals surface area contributed by atoms with E-state index in [2.05, 4.69) is 5.73 Å². The van der Waals surface area contributed by atoms with Crippen molar-refractivity contribution in [2.24, 2.45) is 0 Å². The van der Waals surface area contributed by atoms with Crippen molar-refractivity contribution in [3.8, 4) is 17.2 Å². The number of carboxylic acids is 1. The van der Waals surface area contributed by atoms with Gasteiger partial charge in [0.05, 0.1) is 22.8 Å². The lowest BCUT2D eigenvalue weighted by Gasteiger charge is -2.07. The van der Waals surface area contributed by atoms with Crippen molar-refractivity contribution in [2.45, 2.75) is 0 Å². The van der Waals surface area contributed by atoms with Crippen molar-refractivity contribution in [1.29, 1.82) is 5.26 Å². The first-order valence-electron chi connectivity index (χ1n) is 5.32. The van der Waals surface area contributed by atoms with Crippen LogP contribution in [-0.2, 0) is 0 Å². The predicted octanol–water partition coefficient (Wildman–Crippen LogP) is 1.80. The number of benzene rings is 2. The third kappa shape index (κ3) is 2.08. The Hall–Kier alpha value is -2.64. The van der Waals surface area contributed by atoms with E-state index in [0.29, 0.717) is 22.4 Å². The summed E-state index contributed by atoms with van der Waals surface area (Å²) in [7, 11) is 0. The molecule has 2 rings (SSSR count). The first-order chi connectivity index (χ1) is 8.63. The van der Waals surface area contributed by atoms with Gasteiger partial charge in [-0.15, -0.1) is 0 Å². The summed E-state index contributed by atoms with van der Waals surface area (Å²) in [6.07, 6.45) is 0. The lowest BCUT2D eigenvalue weighted by Crippen LogP contribution is -2.41. The van der Waals surface area contributed by atoms with Crippen LogP contribution in [0.4, 0.5) is 5.69 Å². The van der Waals surface area contributed by atoms with E-state index in [-0.39, 0.29) is 5.56 Å². The van der Waals surface area contributed by atoms with Gasteiger partial charge in [0.2, 0.25) is 0 Å². The summed E-state index contributed by atoms with van der Waals surface area (Å²) in [6, 6.07) is 13.8. The highest BCUT2D eigenvalue weighted by atomic mass is 16.4. The summed E-state index contributed by atoms with van der Waals surface area (Å²) in [5.74, 6) is -1.00. The number of nitriles is 1.